The molecule has 38 heavy (non-hydrogen) atoms. The van der Waals surface area contributed by atoms with Crippen LogP contribution in [0, 0.1) is 0 Å². The van der Waals surface area contributed by atoms with E-state index in [0.29, 0.717) is 34.9 Å². The molecule has 0 aromatic heterocycles. The fraction of sp³-hybridized carbons (Fsp3) is 0.185. The topological polar surface area (TPSA) is 127 Å². The average Bonchev–Trinajstić information content (AvgIpc) is 2.93. The summed E-state index contributed by atoms with van der Waals surface area (Å²) in [7, 11) is 3.10. The van der Waals surface area contributed by atoms with Gasteiger partial charge in [0.2, 0.25) is 0 Å². The van der Waals surface area contributed by atoms with Crippen molar-refractivity contribution in [3.63, 3.8) is 0 Å². The highest BCUT2D eigenvalue weighted by atomic mass is 79.9. The summed E-state index contributed by atoms with van der Waals surface area (Å²) in [6.45, 7) is 0.106. The Morgan fingerprint density at radius 2 is 1.61 bits per heavy atom. The maximum absolute atomic E-state index is 12.0. The third-order valence-corrected chi connectivity index (χ3v) is 5.64. The monoisotopic (exact) mass is 582 g/mol. The summed E-state index contributed by atoms with van der Waals surface area (Å²) in [5.41, 5.74) is 4.43. The number of rotatable bonds is 11. The Morgan fingerprint density at radius 1 is 0.895 bits per heavy atom. The van der Waals surface area contributed by atoms with Gasteiger partial charge in [0.25, 0.3) is 5.91 Å². The Kier molecular flexibility index (Phi) is 10.7. The number of amides is 3. The molecule has 0 saturated carbocycles. The predicted molar refractivity (Wildman–Crippen MR) is 147 cm³/mol. The normalized spacial score (nSPS) is 10.5. The van der Waals surface area contributed by atoms with Gasteiger partial charge in [-0.05, 0) is 78.2 Å². The van der Waals surface area contributed by atoms with Crippen molar-refractivity contribution in [3.05, 3.63) is 82.3 Å². The van der Waals surface area contributed by atoms with Crippen molar-refractivity contribution in [1.82, 2.24) is 10.7 Å². The van der Waals surface area contributed by atoms with Gasteiger partial charge in [0.1, 0.15) is 5.75 Å². The quantitative estimate of drug-likeness (QED) is 0.181. The summed E-state index contributed by atoms with van der Waals surface area (Å²) < 4.78 is 16.9. The highest BCUT2D eigenvalue weighted by molar-refractivity contribution is 9.10. The van der Waals surface area contributed by atoms with Crippen LogP contribution in [0.3, 0.4) is 0 Å². The summed E-state index contributed by atoms with van der Waals surface area (Å²) in [6.07, 6.45) is 1.89. The van der Waals surface area contributed by atoms with Crippen molar-refractivity contribution in [2.24, 2.45) is 5.10 Å². The largest absolute Gasteiger partial charge is 0.493 e. The van der Waals surface area contributed by atoms with Gasteiger partial charge in [0, 0.05) is 16.7 Å². The van der Waals surface area contributed by atoms with Crippen LogP contribution in [0.1, 0.15) is 11.1 Å². The van der Waals surface area contributed by atoms with Crippen molar-refractivity contribution in [3.8, 4) is 17.2 Å². The lowest BCUT2D eigenvalue weighted by Gasteiger charge is -2.10. The van der Waals surface area contributed by atoms with Crippen LogP contribution in [0.25, 0.3) is 0 Å². The van der Waals surface area contributed by atoms with Gasteiger partial charge in [0.15, 0.2) is 18.1 Å². The van der Waals surface area contributed by atoms with E-state index in [9.17, 15) is 14.4 Å². The molecule has 0 atom stereocenters. The van der Waals surface area contributed by atoms with E-state index >= 15 is 0 Å². The molecule has 0 heterocycles. The lowest BCUT2D eigenvalue weighted by molar-refractivity contribution is -0.139. The number of nitrogens with zero attached hydrogens (tertiary/aromatic N) is 1. The third-order valence-electron chi connectivity index (χ3n) is 5.11. The molecule has 0 fully saturated rings. The summed E-state index contributed by atoms with van der Waals surface area (Å²) in [5, 5.41) is 9.09. The van der Waals surface area contributed by atoms with Crippen molar-refractivity contribution >= 4 is 45.6 Å². The Hall–Kier alpha value is -4.38. The molecule has 3 aromatic rings. The van der Waals surface area contributed by atoms with E-state index in [1.807, 2.05) is 24.3 Å². The first kappa shape index (κ1) is 28.2. The first-order valence-electron chi connectivity index (χ1n) is 11.5. The zero-order valence-corrected chi connectivity index (χ0v) is 22.4. The summed E-state index contributed by atoms with van der Waals surface area (Å²) in [4.78, 5) is 36.0. The maximum atomic E-state index is 12.0. The van der Waals surface area contributed by atoms with Crippen LogP contribution in [0.2, 0.25) is 0 Å². The van der Waals surface area contributed by atoms with Crippen LogP contribution in [0.15, 0.2) is 76.3 Å². The van der Waals surface area contributed by atoms with Crippen LogP contribution in [-0.4, -0.2) is 51.3 Å². The second kappa shape index (κ2) is 14.4. The van der Waals surface area contributed by atoms with Gasteiger partial charge in [-0.2, -0.15) is 5.10 Å². The predicted octanol–water partition coefficient (Wildman–Crippen LogP) is 3.29. The number of benzene rings is 3. The molecule has 3 aromatic carbocycles. The van der Waals surface area contributed by atoms with Crippen LogP contribution < -0.4 is 30.3 Å². The number of nitrogens with one attached hydrogen (secondary N) is 3. The van der Waals surface area contributed by atoms with E-state index in [0.717, 1.165) is 10.0 Å². The van der Waals surface area contributed by atoms with Crippen molar-refractivity contribution in [2.45, 2.75) is 6.42 Å². The van der Waals surface area contributed by atoms with Gasteiger partial charge < -0.3 is 24.8 Å². The summed E-state index contributed by atoms with van der Waals surface area (Å²) in [6, 6.07) is 19.4. The number of carbonyl (C=O) groups is 3. The average molecular weight is 583 g/mol. The van der Waals surface area contributed by atoms with E-state index in [2.05, 4.69) is 37.1 Å². The lowest BCUT2D eigenvalue weighted by Crippen LogP contribution is -2.38. The Morgan fingerprint density at radius 3 is 2.29 bits per heavy atom. The van der Waals surface area contributed by atoms with E-state index in [-0.39, 0.29) is 19.1 Å². The minimum Gasteiger partial charge on any atom is -0.493 e. The highest BCUT2D eigenvalue weighted by Gasteiger charge is 2.12. The number of hydrogen-bond acceptors (Lipinski definition) is 7. The van der Waals surface area contributed by atoms with Crippen LogP contribution >= 0.6 is 15.9 Å². The molecule has 198 valence electrons. The van der Waals surface area contributed by atoms with Crippen molar-refractivity contribution in [1.29, 1.82) is 0 Å². The first-order valence-corrected chi connectivity index (χ1v) is 12.3. The SMILES string of the molecule is COc1ccc(CCNC(=O)C(=O)N/N=C\c2ccc(OCC(=O)Nc3ccc(Br)cc3)cc2)cc1OC. The standard InChI is InChI=1S/C27H27BrN4O6/c1-36-23-12-5-18(15-24(23)37-2)13-14-29-26(34)27(35)32-30-16-19-3-10-22(11-4-19)38-17-25(33)31-21-8-6-20(28)7-9-21/h3-12,15-16H,13-14,17H2,1-2H3,(H,29,34)(H,31,33)(H,32,35)/b30-16-. The molecule has 0 spiro atoms. The molecule has 0 unspecified atom stereocenters. The number of halogens is 1. The number of methoxy groups -OCH3 is 2. The van der Waals surface area contributed by atoms with Gasteiger partial charge in [-0.25, -0.2) is 5.43 Å². The lowest BCUT2D eigenvalue weighted by atomic mass is 10.1. The van der Waals surface area contributed by atoms with Crippen LogP contribution in [-0.2, 0) is 20.8 Å². The molecule has 11 heteroatoms. The molecule has 3 rings (SSSR count). The van der Waals surface area contributed by atoms with E-state index < -0.39 is 11.8 Å². The van der Waals surface area contributed by atoms with E-state index in [1.54, 1.807) is 56.7 Å². The summed E-state index contributed by atoms with van der Waals surface area (Å²) >= 11 is 3.34. The molecular weight excluding hydrogens is 556 g/mol. The van der Waals surface area contributed by atoms with Crippen LogP contribution in [0.4, 0.5) is 5.69 Å². The second-order valence-corrected chi connectivity index (χ2v) is 8.72. The molecule has 0 saturated heterocycles. The number of anilines is 1. The molecule has 3 N–H and O–H groups in total. The zero-order chi connectivity index (χ0) is 27.3. The molecule has 10 nitrogen and oxygen atoms in total. The Balaban J connectivity index is 1.37. The smallest absolute Gasteiger partial charge is 0.329 e. The number of ether oxygens (including phenoxy) is 3. The molecule has 0 aliphatic heterocycles. The van der Waals surface area contributed by atoms with E-state index in [4.69, 9.17) is 14.2 Å². The Bertz CT molecular complexity index is 1280. The van der Waals surface area contributed by atoms with Gasteiger partial charge in [0.05, 0.1) is 20.4 Å². The van der Waals surface area contributed by atoms with Gasteiger partial charge in [-0.15, -0.1) is 0 Å². The van der Waals surface area contributed by atoms with Crippen molar-refractivity contribution < 1.29 is 28.6 Å². The first-order chi connectivity index (χ1) is 18.4. The fourth-order valence-electron chi connectivity index (χ4n) is 3.18. The van der Waals surface area contributed by atoms with Gasteiger partial charge in [-0.1, -0.05) is 22.0 Å². The third kappa shape index (κ3) is 8.93. The van der Waals surface area contributed by atoms with Gasteiger partial charge in [-0.3, -0.25) is 14.4 Å². The molecule has 0 radical (unpaired) electrons. The van der Waals surface area contributed by atoms with Crippen LogP contribution in [0.5, 0.6) is 17.2 Å². The fourth-order valence-corrected chi connectivity index (χ4v) is 3.45. The molecular formula is C27H27BrN4O6. The number of carbonyl (C=O) groups excluding carboxylic acids is 3. The van der Waals surface area contributed by atoms with Crippen molar-refractivity contribution in [2.75, 3.05) is 32.7 Å². The summed E-state index contributed by atoms with van der Waals surface area (Å²) in [5.74, 6) is -0.281. The zero-order valence-electron chi connectivity index (χ0n) is 20.8. The molecule has 3 amide bonds. The highest BCUT2D eigenvalue weighted by Crippen LogP contribution is 2.27. The maximum Gasteiger partial charge on any atom is 0.329 e. The Labute approximate surface area is 228 Å². The molecule has 0 bridgehead atoms. The second-order valence-electron chi connectivity index (χ2n) is 7.81. The van der Waals surface area contributed by atoms with Gasteiger partial charge >= 0.3 is 11.8 Å². The number of hydrazone groups is 1. The molecule has 0 aliphatic carbocycles. The van der Waals surface area contributed by atoms with E-state index in [1.165, 1.54) is 6.21 Å². The minimum absolute atomic E-state index is 0.152. The number of hydrogen-bond donors (Lipinski definition) is 3. The minimum atomic E-state index is -0.884. The molecule has 0 aliphatic rings.